The van der Waals surface area contributed by atoms with Crippen LogP contribution in [0.1, 0.15) is 22.8 Å². The maximum absolute atomic E-state index is 13.4. The Balaban J connectivity index is 1.82. The van der Waals surface area contributed by atoms with E-state index in [1.165, 1.54) is 36.4 Å². The molecule has 3 aromatic rings. The minimum Gasteiger partial charge on any atom is -0.494 e. The van der Waals surface area contributed by atoms with Crippen molar-refractivity contribution in [3.63, 3.8) is 0 Å². The predicted molar refractivity (Wildman–Crippen MR) is 125 cm³/mol. The molecule has 0 fully saturated rings. The molecule has 172 valence electrons. The zero-order valence-corrected chi connectivity index (χ0v) is 18.9. The Morgan fingerprint density at radius 2 is 1.58 bits per heavy atom. The average Bonchev–Trinajstić information content (AvgIpc) is 2.80. The van der Waals surface area contributed by atoms with E-state index < -0.39 is 28.4 Å². The molecule has 9 heteroatoms. The van der Waals surface area contributed by atoms with Gasteiger partial charge in [0.25, 0.3) is 0 Å². The van der Waals surface area contributed by atoms with Gasteiger partial charge in [0.1, 0.15) is 5.75 Å². The molecule has 2 amide bonds. The standard InChI is InChI=1S/C24H25N3O5S/c1-2-32-21-12-14-22(15-13-21)33(30,31)27(16-18-6-4-3-5-7-18)17-23(28)26-20-10-8-19(9-11-20)24(25)29/h3-15H,2,16-17H2,1H3,(H2,25,29)(H,26,28). The first kappa shape index (κ1) is 24.0. The van der Waals surface area contributed by atoms with E-state index in [2.05, 4.69) is 5.32 Å². The third-order valence-electron chi connectivity index (χ3n) is 4.75. The van der Waals surface area contributed by atoms with Crippen molar-refractivity contribution >= 4 is 27.5 Å². The van der Waals surface area contributed by atoms with Gasteiger partial charge in [0.05, 0.1) is 18.0 Å². The van der Waals surface area contributed by atoms with Gasteiger partial charge in [-0.1, -0.05) is 30.3 Å². The van der Waals surface area contributed by atoms with Crippen LogP contribution in [0.4, 0.5) is 5.69 Å². The Morgan fingerprint density at radius 3 is 2.15 bits per heavy atom. The first-order valence-electron chi connectivity index (χ1n) is 10.3. The SMILES string of the molecule is CCOc1ccc(S(=O)(=O)N(CC(=O)Nc2ccc(C(N)=O)cc2)Cc2ccccc2)cc1. The van der Waals surface area contributed by atoms with Crippen LogP contribution >= 0.6 is 0 Å². The molecule has 0 atom stereocenters. The van der Waals surface area contributed by atoms with Gasteiger partial charge in [-0.2, -0.15) is 4.31 Å². The van der Waals surface area contributed by atoms with Crippen LogP contribution in [0.5, 0.6) is 5.75 Å². The van der Waals surface area contributed by atoms with Crippen LogP contribution in [-0.4, -0.2) is 37.7 Å². The first-order chi connectivity index (χ1) is 15.8. The van der Waals surface area contributed by atoms with Crippen molar-refractivity contribution in [2.75, 3.05) is 18.5 Å². The van der Waals surface area contributed by atoms with Gasteiger partial charge in [-0.3, -0.25) is 9.59 Å². The second-order valence-electron chi connectivity index (χ2n) is 7.15. The van der Waals surface area contributed by atoms with E-state index in [0.29, 0.717) is 23.6 Å². The maximum atomic E-state index is 13.4. The summed E-state index contributed by atoms with van der Waals surface area (Å²) in [5.74, 6) is -0.543. The number of nitrogens with one attached hydrogen (secondary N) is 1. The van der Waals surface area contributed by atoms with Crippen molar-refractivity contribution in [1.29, 1.82) is 0 Å². The molecule has 0 aliphatic heterocycles. The van der Waals surface area contributed by atoms with Gasteiger partial charge in [0.15, 0.2) is 0 Å². The van der Waals surface area contributed by atoms with Gasteiger partial charge >= 0.3 is 0 Å². The number of ether oxygens (including phenoxy) is 1. The highest BCUT2D eigenvalue weighted by molar-refractivity contribution is 7.89. The van der Waals surface area contributed by atoms with Gasteiger partial charge < -0.3 is 15.8 Å². The highest BCUT2D eigenvalue weighted by Crippen LogP contribution is 2.22. The highest BCUT2D eigenvalue weighted by Gasteiger charge is 2.27. The summed E-state index contributed by atoms with van der Waals surface area (Å²) in [6.45, 7) is 1.92. The lowest BCUT2D eigenvalue weighted by atomic mass is 10.2. The average molecular weight is 468 g/mol. The zero-order chi connectivity index (χ0) is 23.8. The molecule has 0 saturated heterocycles. The summed E-state index contributed by atoms with van der Waals surface area (Å²) in [4.78, 5) is 24.0. The Morgan fingerprint density at radius 1 is 0.939 bits per heavy atom. The molecule has 0 aromatic heterocycles. The molecule has 3 aromatic carbocycles. The molecule has 33 heavy (non-hydrogen) atoms. The summed E-state index contributed by atoms with van der Waals surface area (Å²) in [6.07, 6.45) is 0. The molecule has 0 bridgehead atoms. The molecule has 3 N–H and O–H groups in total. The molecule has 0 spiro atoms. The summed E-state index contributed by atoms with van der Waals surface area (Å²) in [6, 6.07) is 21.1. The van der Waals surface area contributed by atoms with Crippen molar-refractivity contribution in [2.24, 2.45) is 5.73 Å². The maximum Gasteiger partial charge on any atom is 0.248 e. The van der Waals surface area contributed by atoms with Gasteiger partial charge in [0, 0.05) is 17.8 Å². The number of hydrogen-bond acceptors (Lipinski definition) is 5. The van der Waals surface area contributed by atoms with Crippen molar-refractivity contribution in [1.82, 2.24) is 4.31 Å². The van der Waals surface area contributed by atoms with Crippen molar-refractivity contribution < 1.29 is 22.7 Å². The number of sulfonamides is 1. The smallest absolute Gasteiger partial charge is 0.248 e. The number of nitrogens with zero attached hydrogens (tertiary/aromatic N) is 1. The summed E-state index contributed by atoms with van der Waals surface area (Å²) in [5.41, 5.74) is 6.69. The van der Waals surface area contributed by atoms with Crippen LogP contribution in [0.25, 0.3) is 0 Å². The molecular weight excluding hydrogens is 442 g/mol. The molecular formula is C24H25N3O5S. The van der Waals surface area contributed by atoms with E-state index in [1.54, 1.807) is 36.4 Å². The van der Waals surface area contributed by atoms with Gasteiger partial charge in [0.2, 0.25) is 21.8 Å². The molecule has 0 radical (unpaired) electrons. The number of rotatable bonds is 10. The van der Waals surface area contributed by atoms with Gasteiger partial charge in [-0.05, 0) is 61.0 Å². The lowest BCUT2D eigenvalue weighted by molar-refractivity contribution is -0.116. The number of anilines is 1. The van der Waals surface area contributed by atoms with E-state index in [-0.39, 0.29) is 11.4 Å². The minimum absolute atomic E-state index is 0.0183. The Hall–Kier alpha value is -3.69. The molecule has 0 aliphatic rings. The van der Waals surface area contributed by atoms with Crippen molar-refractivity contribution in [2.45, 2.75) is 18.4 Å². The first-order valence-corrected chi connectivity index (χ1v) is 11.7. The van der Waals surface area contributed by atoms with Gasteiger partial charge in [-0.15, -0.1) is 0 Å². The van der Waals surface area contributed by atoms with E-state index in [1.807, 2.05) is 13.0 Å². The molecule has 0 heterocycles. The fourth-order valence-electron chi connectivity index (χ4n) is 3.12. The molecule has 0 saturated carbocycles. The number of carbonyl (C=O) groups is 2. The zero-order valence-electron chi connectivity index (χ0n) is 18.1. The van der Waals surface area contributed by atoms with Crippen LogP contribution in [0.15, 0.2) is 83.8 Å². The summed E-state index contributed by atoms with van der Waals surface area (Å²) in [7, 11) is -3.98. The Labute approximate surface area is 193 Å². The number of primary amides is 1. The summed E-state index contributed by atoms with van der Waals surface area (Å²) >= 11 is 0. The van der Waals surface area contributed by atoms with E-state index in [0.717, 1.165) is 9.87 Å². The number of benzene rings is 3. The normalized spacial score (nSPS) is 11.2. The van der Waals surface area contributed by atoms with Crippen molar-refractivity contribution in [3.05, 3.63) is 90.0 Å². The summed E-state index contributed by atoms with van der Waals surface area (Å²) < 4.78 is 33.2. The van der Waals surface area contributed by atoms with Crippen LogP contribution in [0, 0.1) is 0 Å². The second-order valence-corrected chi connectivity index (χ2v) is 9.09. The van der Waals surface area contributed by atoms with Gasteiger partial charge in [-0.25, -0.2) is 8.42 Å². The Kier molecular flexibility index (Phi) is 7.81. The lowest BCUT2D eigenvalue weighted by Gasteiger charge is -2.22. The van der Waals surface area contributed by atoms with Crippen LogP contribution < -0.4 is 15.8 Å². The monoisotopic (exact) mass is 467 g/mol. The van der Waals surface area contributed by atoms with E-state index >= 15 is 0 Å². The Bertz CT molecular complexity index is 1200. The van der Waals surface area contributed by atoms with Crippen LogP contribution in [-0.2, 0) is 21.4 Å². The molecule has 3 rings (SSSR count). The third-order valence-corrected chi connectivity index (χ3v) is 6.55. The number of carbonyl (C=O) groups excluding carboxylic acids is 2. The van der Waals surface area contributed by atoms with Crippen LogP contribution in [0.3, 0.4) is 0 Å². The molecule has 0 aliphatic carbocycles. The minimum atomic E-state index is -3.98. The second kappa shape index (κ2) is 10.8. The molecule has 0 unspecified atom stereocenters. The molecule has 8 nitrogen and oxygen atoms in total. The lowest BCUT2D eigenvalue weighted by Crippen LogP contribution is -2.37. The number of amides is 2. The fourth-order valence-corrected chi connectivity index (χ4v) is 4.50. The third kappa shape index (κ3) is 6.41. The van der Waals surface area contributed by atoms with Crippen molar-refractivity contribution in [3.8, 4) is 5.75 Å². The largest absolute Gasteiger partial charge is 0.494 e. The highest BCUT2D eigenvalue weighted by atomic mass is 32.2. The van der Waals surface area contributed by atoms with E-state index in [9.17, 15) is 18.0 Å². The quantitative estimate of drug-likeness (QED) is 0.475. The predicted octanol–water partition coefficient (Wildman–Crippen LogP) is 3.01. The number of hydrogen-bond donors (Lipinski definition) is 2. The van der Waals surface area contributed by atoms with Crippen LogP contribution in [0.2, 0.25) is 0 Å². The fraction of sp³-hybridized carbons (Fsp3) is 0.167. The summed E-state index contributed by atoms with van der Waals surface area (Å²) in [5, 5.41) is 2.66. The van der Waals surface area contributed by atoms with E-state index in [4.69, 9.17) is 10.5 Å². The number of nitrogens with two attached hydrogens (primary N) is 1. The topological polar surface area (TPSA) is 119 Å².